The molecule has 2 aromatic heterocycles. The Bertz CT molecular complexity index is 1300. The minimum Gasteiger partial charge on any atom is -0.352 e. The van der Waals surface area contributed by atoms with Crippen molar-refractivity contribution in [2.24, 2.45) is 12.5 Å². The number of fused-ring (bicyclic) bond motifs is 1. The van der Waals surface area contributed by atoms with Crippen molar-refractivity contribution < 1.29 is 9.47 Å². The molecule has 0 unspecified atom stereocenters. The molecule has 1 saturated heterocycles. The second-order valence-corrected chi connectivity index (χ2v) is 10.3. The SMILES string of the molecule is COC1(OC)CCN(Cc2ccc(C#N)c(-c3ccc4c(n3)n(C)c(=O)n4CC(C)(C)C)c2)C1. The van der Waals surface area contributed by atoms with E-state index in [-0.39, 0.29) is 11.1 Å². The van der Waals surface area contributed by atoms with E-state index in [2.05, 4.69) is 31.7 Å². The van der Waals surface area contributed by atoms with Gasteiger partial charge in [0.15, 0.2) is 11.4 Å². The van der Waals surface area contributed by atoms with Crippen LogP contribution in [0.4, 0.5) is 0 Å². The van der Waals surface area contributed by atoms with Crippen LogP contribution in [-0.4, -0.2) is 52.1 Å². The van der Waals surface area contributed by atoms with Gasteiger partial charge in [-0.05, 0) is 35.2 Å². The summed E-state index contributed by atoms with van der Waals surface area (Å²) in [7, 11) is 5.10. The molecule has 4 rings (SSSR count). The number of benzene rings is 1. The molecule has 3 heterocycles. The number of imidazole rings is 1. The first-order valence-corrected chi connectivity index (χ1v) is 11.5. The predicted octanol–water partition coefficient (Wildman–Crippen LogP) is 3.51. The number of aromatic nitrogens is 3. The van der Waals surface area contributed by atoms with Crippen molar-refractivity contribution in [2.75, 3.05) is 27.3 Å². The molecule has 3 aromatic rings. The van der Waals surface area contributed by atoms with Gasteiger partial charge in [-0.2, -0.15) is 5.26 Å². The van der Waals surface area contributed by atoms with Crippen molar-refractivity contribution in [1.29, 1.82) is 5.26 Å². The average Bonchev–Trinajstić information content (AvgIpc) is 3.33. The van der Waals surface area contributed by atoms with Crippen LogP contribution in [0.3, 0.4) is 0 Å². The van der Waals surface area contributed by atoms with Crippen LogP contribution >= 0.6 is 0 Å². The Morgan fingerprint density at radius 1 is 1.18 bits per heavy atom. The first-order valence-electron chi connectivity index (χ1n) is 11.5. The fourth-order valence-electron chi connectivity index (χ4n) is 4.69. The molecule has 34 heavy (non-hydrogen) atoms. The summed E-state index contributed by atoms with van der Waals surface area (Å²) < 4.78 is 14.5. The van der Waals surface area contributed by atoms with E-state index >= 15 is 0 Å². The smallest absolute Gasteiger partial charge is 0.330 e. The van der Waals surface area contributed by atoms with E-state index in [1.165, 1.54) is 0 Å². The zero-order valence-electron chi connectivity index (χ0n) is 20.9. The molecule has 180 valence electrons. The molecule has 8 nitrogen and oxygen atoms in total. The van der Waals surface area contributed by atoms with E-state index in [1.54, 1.807) is 30.4 Å². The summed E-state index contributed by atoms with van der Waals surface area (Å²) in [4.78, 5) is 20.0. The Morgan fingerprint density at radius 2 is 1.91 bits per heavy atom. The number of nitrogens with zero attached hydrogens (tertiary/aromatic N) is 5. The molecule has 0 radical (unpaired) electrons. The third-order valence-electron chi connectivity index (χ3n) is 6.52. The van der Waals surface area contributed by atoms with Crippen molar-refractivity contribution >= 4 is 11.2 Å². The maximum absolute atomic E-state index is 12.9. The molecule has 0 spiro atoms. The van der Waals surface area contributed by atoms with Crippen molar-refractivity contribution in [2.45, 2.75) is 46.1 Å². The highest BCUT2D eigenvalue weighted by Gasteiger charge is 2.38. The van der Waals surface area contributed by atoms with Crippen molar-refractivity contribution in [1.82, 2.24) is 19.0 Å². The van der Waals surface area contributed by atoms with Gasteiger partial charge in [-0.3, -0.25) is 14.0 Å². The molecule has 8 heteroatoms. The van der Waals surface area contributed by atoms with E-state index in [1.807, 2.05) is 30.3 Å². The Balaban J connectivity index is 1.70. The van der Waals surface area contributed by atoms with Crippen LogP contribution < -0.4 is 5.69 Å². The molecule has 1 fully saturated rings. The molecule has 0 aliphatic carbocycles. The minimum absolute atomic E-state index is 0.0438. The number of hydrogen-bond donors (Lipinski definition) is 0. The molecule has 0 bridgehead atoms. The lowest BCUT2D eigenvalue weighted by molar-refractivity contribution is -0.195. The highest BCUT2D eigenvalue weighted by atomic mass is 16.7. The van der Waals surface area contributed by atoms with Crippen molar-refractivity contribution in [3.8, 4) is 17.3 Å². The van der Waals surface area contributed by atoms with Gasteiger partial charge in [0.25, 0.3) is 0 Å². The Labute approximate surface area is 200 Å². The highest BCUT2D eigenvalue weighted by Crippen LogP contribution is 2.29. The number of nitriles is 1. The van der Waals surface area contributed by atoms with Gasteiger partial charge in [0.2, 0.25) is 0 Å². The van der Waals surface area contributed by atoms with Crippen LogP contribution in [0.15, 0.2) is 35.1 Å². The quantitative estimate of drug-likeness (QED) is 0.520. The number of likely N-dealkylation sites (tertiary alicyclic amines) is 1. The van der Waals surface area contributed by atoms with E-state index < -0.39 is 5.79 Å². The minimum atomic E-state index is -0.562. The van der Waals surface area contributed by atoms with Crippen LogP contribution in [0.25, 0.3) is 22.4 Å². The van der Waals surface area contributed by atoms with Gasteiger partial charge in [-0.25, -0.2) is 9.78 Å². The van der Waals surface area contributed by atoms with E-state index in [0.29, 0.717) is 30.0 Å². The van der Waals surface area contributed by atoms with Gasteiger partial charge >= 0.3 is 5.69 Å². The second-order valence-electron chi connectivity index (χ2n) is 10.3. The average molecular weight is 464 g/mol. The van der Waals surface area contributed by atoms with Crippen LogP contribution in [0.2, 0.25) is 0 Å². The first kappa shape index (κ1) is 24.1. The summed E-state index contributed by atoms with van der Waals surface area (Å²) in [6.07, 6.45) is 0.806. The molecule has 0 saturated carbocycles. The maximum Gasteiger partial charge on any atom is 0.330 e. The number of methoxy groups -OCH3 is 2. The Morgan fingerprint density at radius 3 is 2.53 bits per heavy atom. The molecular formula is C26H33N5O3. The lowest BCUT2D eigenvalue weighted by atomic mass is 9.97. The zero-order chi connectivity index (χ0) is 24.7. The van der Waals surface area contributed by atoms with Gasteiger partial charge < -0.3 is 9.47 Å². The summed E-state index contributed by atoms with van der Waals surface area (Å²) in [5.41, 5.74) is 4.37. The molecule has 1 aliphatic heterocycles. The summed E-state index contributed by atoms with van der Waals surface area (Å²) in [6, 6.07) is 12.0. The number of rotatable bonds is 6. The summed E-state index contributed by atoms with van der Waals surface area (Å²) in [5, 5.41) is 9.75. The predicted molar refractivity (Wildman–Crippen MR) is 131 cm³/mol. The Hall–Kier alpha value is -2.99. The normalized spacial score (nSPS) is 16.3. The fourth-order valence-corrected chi connectivity index (χ4v) is 4.69. The fraction of sp³-hybridized carbons (Fsp3) is 0.500. The van der Waals surface area contributed by atoms with Gasteiger partial charge in [0, 0.05) is 52.9 Å². The summed E-state index contributed by atoms with van der Waals surface area (Å²) in [6.45, 7) is 9.18. The van der Waals surface area contributed by atoms with Gasteiger partial charge in [-0.15, -0.1) is 0 Å². The maximum atomic E-state index is 12.9. The zero-order valence-corrected chi connectivity index (χ0v) is 20.9. The van der Waals surface area contributed by atoms with Crippen LogP contribution in [-0.2, 0) is 29.6 Å². The molecule has 0 atom stereocenters. The standard InChI is InChI=1S/C26H33N5O3/c1-25(2,3)16-31-22-10-9-21(28-23(22)29(4)24(31)32)20-13-18(7-8-19(20)14-27)15-30-12-11-26(17-30,33-5)34-6/h7-10,13H,11-12,15-17H2,1-6H3. The van der Waals surface area contributed by atoms with Crippen LogP contribution in [0, 0.1) is 16.7 Å². The lowest BCUT2D eigenvalue weighted by Gasteiger charge is -2.26. The third-order valence-corrected chi connectivity index (χ3v) is 6.52. The largest absolute Gasteiger partial charge is 0.352 e. The topological polar surface area (TPSA) is 85.3 Å². The second kappa shape index (κ2) is 8.99. The van der Waals surface area contributed by atoms with Gasteiger partial charge in [0.05, 0.1) is 29.4 Å². The van der Waals surface area contributed by atoms with E-state index in [4.69, 9.17) is 14.5 Å². The third kappa shape index (κ3) is 4.51. The summed E-state index contributed by atoms with van der Waals surface area (Å²) >= 11 is 0. The lowest BCUT2D eigenvalue weighted by Crippen LogP contribution is -2.37. The Kier molecular flexibility index (Phi) is 6.38. The first-order chi connectivity index (χ1) is 16.1. The monoisotopic (exact) mass is 463 g/mol. The van der Waals surface area contributed by atoms with Crippen molar-refractivity contribution in [3.63, 3.8) is 0 Å². The molecule has 1 aromatic carbocycles. The van der Waals surface area contributed by atoms with E-state index in [0.717, 1.165) is 36.2 Å². The number of ether oxygens (including phenoxy) is 2. The highest BCUT2D eigenvalue weighted by molar-refractivity contribution is 5.78. The van der Waals surface area contributed by atoms with E-state index in [9.17, 15) is 10.1 Å². The van der Waals surface area contributed by atoms with Gasteiger partial charge in [-0.1, -0.05) is 26.8 Å². The summed E-state index contributed by atoms with van der Waals surface area (Å²) in [5.74, 6) is -0.562. The number of aryl methyl sites for hydroxylation is 1. The number of hydrogen-bond acceptors (Lipinski definition) is 6. The molecular weight excluding hydrogens is 430 g/mol. The number of pyridine rings is 1. The van der Waals surface area contributed by atoms with Crippen molar-refractivity contribution in [3.05, 3.63) is 51.9 Å². The molecule has 1 aliphatic rings. The van der Waals surface area contributed by atoms with Crippen LogP contribution in [0.5, 0.6) is 0 Å². The molecule has 0 N–H and O–H groups in total. The van der Waals surface area contributed by atoms with Gasteiger partial charge in [0.1, 0.15) is 0 Å². The van der Waals surface area contributed by atoms with Crippen LogP contribution in [0.1, 0.15) is 38.3 Å². The molecule has 0 amide bonds.